The molecule has 1 N–H and O–H groups in total. The zero-order valence-electron chi connectivity index (χ0n) is 14.7. The summed E-state index contributed by atoms with van der Waals surface area (Å²) in [5.41, 5.74) is 1.03. The van der Waals surface area contributed by atoms with Gasteiger partial charge in [-0.1, -0.05) is 37.3 Å². The van der Waals surface area contributed by atoms with Crippen molar-refractivity contribution in [2.75, 3.05) is 13.1 Å². The molecule has 0 aliphatic rings. The number of amides is 1. The van der Waals surface area contributed by atoms with E-state index in [-0.39, 0.29) is 23.8 Å². The Balaban J connectivity index is 1.91. The quantitative estimate of drug-likeness (QED) is 0.730. The molecule has 2 aromatic carbocycles. The van der Waals surface area contributed by atoms with Gasteiger partial charge in [-0.15, -0.1) is 0 Å². The molecule has 2 rings (SSSR count). The Labute approximate surface area is 153 Å². The Morgan fingerprint density at radius 3 is 2.35 bits per heavy atom. The van der Waals surface area contributed by atoms with Crippen LogP contribution in [0.4, 0.5) is 4.39 Å². The van der Waals surface area contributed by atoms with Gasteiger partial charge in [0, 0.05) is 26.1 Å². The molecule has 2 aromatic rings. The van der Waals surface area contributed by atoms with Gasteiger partial charge in [-0.05, 0) is 36.2 Å². The minimum atomic E-state index is -3.76. The summed E-state index contributed by atoms with van der Waals surface area (Å²) in [5.74, 6) is -0.618. The lowest BCUT2D eigenvalue weighted by atomic mass is 10.2. The highest BCUT2D eigenvalue weighted by atomic mass is 32.2. The summed E-state index contributed by atoms with van der Waals surface area (Å²) in [6.07, 6.45) is 0.882. The van der Waals surface area contributed by atoms with Crippen LogP contribution in [0, 0.1) is 5.82 Å². The molecule has 0 bridgehead atoms. The highest BCUT2D eigenvalue weighted by molar-refractivity contribution is 7.89. The maximum atomic E-state index is 12.9. The molecule has 0 aliphatic carbocycles. The third-order valence-corrected chi connectivity index (χ3v) is 5.29. The summed E-state index contributed by atoms with van der Waals surface area (Å²) in [6.45, 7) is 3.09. The lowest BCUT2D eigenvalue weighted by Crippen LogP contribution is -2.34. The fourth-order valence-electron chi connectivity index (χ4n) is 2.51. The monoisotopic (exact) mass is 378 g/mol. The minimum Gasteiger partial charge on any atom is -0.338 e. The molecular formula is C19H23FN2O3S. The molecule has 1 amide bonds. The van der Waals surface area contributed by atoms with Crippen LogP contribution in [0.3, 0.4) is 0 Å². The average molecular weight is 378 g/mol. The van der Waals surface area contributed by atoms with Crippen molar-refractivity contribution in [3.8, 4) is 0 Å². The van der Waals surface area contributed by atoms with Crippen LogP contribution in [0.5, 0.6) is 0 Å². The van der Waals surface area contributed by atoms with E-state index in [9.17, 15) is 17.6 Å². The fraction of sp³-hybridized carbons (Fsp3) is 0.316. The summed E-state index contributed by atoms with van der Waals surface area (Å²) in [6, 6.07) is 14.2. The number of nitrogens with zero attached hydrogens (tertiary/aromatic N) is 1. The van der Waals surface area contributed by atoms with Crippen molar-refractivity contribution in [2.45, 2.75) is 31.2 Å². The van der Waals surface area contributed by atoms with Crippen LogP contribution in [0.15, 0.2) is 59.5 Å². The van der Waals surface area contributed by atoms with Gasteiger partial charge >= 0.3 is 0 Å². The second-order valence-corrected chi connectivity index (χ2v) is 7.67. The van der Waals surface area contributed by atoms with Gasteiger partial charge in [0.2, 0.25) is 15.9 Å². The zero-order valence-corrected chi connectivity index (χ0v) is 15.5. The fourth-order valence-corrected chi connectivity index (χ4v) is 3.55. The van der Waals surface area contributed by atoms with Gasteiger partial charge in [0.15, 0.2) is 0 Å². The van der Waals surface area contributed by atoms with Gasteiger partial charge in [0.25, 0.3) is 0 Å². The van der Waals surface area contributed by atoms with E-state index in [2.05, 4.69) is 4.72 Å². The Hall–Kier alpha value is -2.25. The first-order valence-electron chi connectivity index (χ1n) is 8.49. The predicted octanol–water partition coefficient (Wildman–Crippen LogP) is 2.93. The Morgan fingerprint density at radius 1 is 1.08 bits per heavy atom. The van der Waals surface area contributed by atoms with Gasteiger partial charge < -0.3 is 4.90 Å². The molecule has 0 unspecified atom stereocenters. The van der Waals surface area contributed by atoms with Crippen LogP contribution in [-0.2, 0) is 21.4 Å². The maximum Gasteiger partial charge on any atom is 0.240 e. The van der Waals surface area contributed by atoms with Crippen molar-refractivity contribution in [1.82, 2.24) is 9.62 Å². The number of rotatable bonds is 9. The predicted molar refractivity (Wildman–Crippen MR) is 98.4 cm³/mol. The molecular weight excluding hydrogens is 355 g/mol. The van der Waals surface area contributed by atoms with Gasteiger partial charge in [0.05, 0.1) is 4.90 Å². The smallest absolute Gasteiger partial charge is 0.240 e. The zero-order chi connectivity index (χ0) is 19.0. The summed E-state index contributed by atoms with van der Waals surface area (Å²) in [5, 5.41) is 0. The van der Waals surface area contributed by atoms with Crippen molar-refractivity contribution in [3.63, 3.8) is 0 Å². The number of hydrogen-bond acceptors (Lipinski definition) is 3. The average Bonchev–Trinajstić information content (AvgIpc) is 2.62. The molecule has 0 aliphatic heterocycles. The van der Waals surface area contributed by atoms with Crippen LogP contribution in [0.25, 0.3) is 0 Å². The van der Waals surface area contributed by atoms with E-state index >= 15 is 0 Å². The summed E-state index contributed by atoms with van der Waals surface area (Å²) in [7, 11) is -3.76. The topological polar surface area (TPSA) is 66.5 Å². The van der Waals surface area contributed by atoms with Crippen molar-refractivity contribution in [2.24, 2.45) is 0 Å². The third-order valence-electron chi connectivity index (χ3n) is 3.82. The second kappa shape index (κ2) is 9.45. The van der Waals surface area contributed by atoms with E-state index in [0.29, 0.717) is 13.1 Å². The molecule has 0 aromatic heterocycles. The summed E-state index contributed by atoms with van der Waals surface area (Å²) in [4.78, 5) is 14.1. The van der Waals surface area contributed by atoms with Crippen LogP contribution >= 0.6 is 0 Å². The first kappa shape index (κ1) is 20.1. The van der Waals surface area contributed by atoms with Crippen molar-refractivity contribution in [3.05, 3.63) is 66.0 Å². The molecule has 7 heteroatoms. The van der Waals surface area contributed by atoms with Crippen LogP contribution < -0.4 is 4.72 Å². The highest BCUT2D eigenvalue weighted by Gasteiger charge is 2.17. The molecule has 0 spiro atoms. The Morgan fingerprint density at radius 2 is 1.73 bits per heavy atom. The lowest BCUT2D eigenvalue weighted by Gasteiger charge is -2.22. The number of halogens is 1. The molecule has 26 heavy (non-hydrogen) atoms. The van der Waals surface area contributed by atoms with Crippen molar-refractivity contribution in [1.29, 1.82) is 0 Å². The molecule has 0 radical (unpaired) electrons. The largest absolute Gasteiger partial charge is 0.338 e. The number of nitrogens with one attached hydrogen (secondary N) is 1. The molecule has 0 atom stereocenters. The summed E-state index contributed by atoms with van der Waals surface area (Å²) >= 11 is 0. The first-order chi connectivity index (χ1) is 12.4. The molecule has 0 fully saturated rings. The van der Waals surface area contributed by atoms with Crippen molar-refractivity contribution >= 4 is 15.9 Å². The highest BCUT2D eigenvalue weighted by Crippen LogP contribution is 2.10. The van der Waals surface area contributed by atoms with E-state index in [4.69, 9.17) is 0 Å². The van der Waals surface area contributed by atoms with Gasteiger partial charge in [0.1, 0.15) is 5.82 Å². The number of benzene rings is 2. The van der Waals surface area contributed by atoms with Crippen LogP contribution in [-0.4, -0.2) is 32.3 Å². The maximum absolute atomic E-state index is 12.9. The standard InChI is InChI=1S/C19H23FN2O3S/c1-2-14-22(15-16-6-4-3-5-7-16)19(23)12-13-21-26(24,25)18-10-8-17(20)9-11-18/h3-11,21H,2,12-15H2,1H3. The second-order valence-electron chi connectivity index (χ2n) is 5.90. The van der Waals surface area contributed by atoms with Crippen LogP contribution in [0.2, 0.25) is 0 Å². The molecule has 0 saturated carbocycles. The Kier molecular flexibility index (Phi) is 7.29. The van der Waals surface area contributed by atoms with E-state index in [1.165, 1.54) is 12.1 Å². The third kappa shape index (κ3) is 5.93. The minimum absolute atomic E-state index is 0.00640. The SMILES string of the molecule is CCCN(Cc1ccccc1)C(=O)CCNS(=O)(=O)c1ccc(F)cc1. The molecule has 0 saturated heterocycles. The van der Waals surface area contributed by atoms with E-state index in [1.54, 1.807) is 4.90 Å². The normalized spacial score (nSPS) is 11.3. The number of hydrogen-bond donors (Lipinski definition) is 1. The van der Waals surface area contributed by atoms with E-state index < -0.39 is 15.8 Å². The van der Waals surface area contributed by atoms with Gasteiger partial charge in [-0.2, -0.15) is 0 Å². The van der Waals surface area contributed by atoms with E-state index in [1.807, 2.05) is 37.3 Å². The van der Waals surface area contributed by atoms with E-state index in [0.717, 1.165) is 24.1 Å². The summed E-state index contributed by atoms with van der Waals surface area (Å²) < 4.78 is 39.6. The van der Waals surface area contributed by atoms with Crippen LogP contribution in [0.1, 0.15) is 25.3 Å². The van der Waals surface area contributed by atoms with Gasteiger partial charge in [-0.3, -0.25) is 4.79 Å². The van der Waals surface area contributed by atoms with Gasteiger partial charge in [-0.25, -0.2) is 17.5 Å². The first-order valence-corrected chi connectivity index (χ1v) is 9.97. The molecule has 5 nitrogen and oxygen atoms in total. The number of carbonyl (C=O) groups excluding carboxylic acids is 1. The Bertz CT molecular complexity index is 808. The molecule has 0 heterocycles. The van der Waals surface area contributed by atoms with Crippen molar-refractivity contribution < 1.29 is 17.6 Å². The molecule has 140 valence electrons. The number of sulfonamides is 1. The lowest BCUT2D eigenvalue weighted by molar-refractivity contribution is -0.131. The number of carbonyl (C=O) groups is 1.